The van der Waals surface area contributed by atoms with Crippen LogP contribution < -0.4 is 10.1 Å². The van der Waals surface area contributed by atoms with Crippen LogP contribution >= 0.6 is 0 Å². The summed E-state index contributed by atoms with van der Waals surface area (Å²) in [5.41, 5.74) is 2.14. The number of methoxy groups -OCH3 is 1. The van der Waals surface area contributed by atoms with Crippen LogP contribution in [0.15, 0.2) is 30.6 Å². The van der Waals surface area contributed by atoms with Crippen molar-refractivity contribution in [3.05, 3.63) is 36.2 Å². The predicted octanol–water partition coefficient (Wildman–Crippen LogP) is 2.47. The van der Waals surface area contributed by atoms with Crippen molar-refractivity contribution in [1.82, 2.24) is 9.97 Å². The summed E-state index contributed by atoms with van der Waals surface area (Å²) in [6.45, 7) is 2.02. The van der Waals surface area contributed by atoms with E-state index in [2.05, 4.69) is 15.3 Å². The number of imidazole rings is 1. The molecule has 0 unspecified atom stereocenters. The highest BCUT2D eigenvalue weighted by Gasteiger charge is 2.01. The Labute approximate surface area is 88.3 Å². The third-order valence-corrected chi connectivity index (χ3v) is 2.18. The summed E-state index contributed by atoms with van der Waals surface area (Å²) >= 11 is 0. The van der Waals surface area contributed by atoms with Crippen LogP contribution in [0.25, 0.3) is 0 Å². The number of hydrogen-bond donors (Lipinski definition) is 2. The lowest BCUT2D eigenvalue weighted by Gasteiger charge is -2.08. The van der Waals surface area contributed by atoms with Gasteiger partial charge in [-0.3, -0.25) is 0 Å². The summed E-state index contributed by atoms with van der Waals surface area (Å²) < 4.78 is 5.13. The number of ether oxygens (including phenoxy) is 1. The maximum atomic E-state index is 5.13. The first-order valence-corrected chi connectivity index (χ1v) is 4.70. The minimum atomic E-state index is 0.739. The second kappa shape index (κ2) is 4.04. The summed E-state index contributed by atoms with van der Waals surface area (Å²) in [5.74, 6) is 1.60. The number of anilines is 2. The van der Waals surface area contributed by atoms with E-state index in [-0.39, 0.29) is 0 Å². The van der Waals surface area contributed by atoms with Crippen LogP contribution in [-0.2, 0) is 0 Å². The van der Waals surface area contributed by atoms with Gasteiger partial charge in [0.15, 0.2) is 0 Å². The molecular weight excluding hydrogens is 190 g/mol. The lowest BCUT2D eigenvalue weighted by Crippen LogP contribution is -1.95. The zero-order valence-electron chi connectivity index (χ0n) is 8.74. The van der Waals surface area contributed by atoms with Gasteiger partial charge < -0.3 is 15.0 Å². The normalized spacial score (nSPS) is 10.0. The molecule has 78 valence electrons. The van der Waals surface area contributed by atoms with E-state index in [0.29, 0.717) is 0 Å². The van der Waals surface area contributed by atoms with Crippen molar-refractivity contribution in [3.63, 3.8) is 0 Å². The van der Waals surface area contributed by atoms with Crippen molar-refractivity contribution < 1.29 is 4.74 Å². The molecule has 1 aromatic carbocycles. The van der Waals surface area contributed by atoms with Gasteiger partial charge >= 0.3 is 0 Å². The van der Waals surface area contributed by atoms with Gasteiger partial charge in [0.25, 0.3) is 0 Å². The maximum absolute atomic E-state index is 5.13. The molecule has 0 aliphatic carbocycles. The molecule has 1 heterocycles. The van der Waals surface area contributed by atoms with Gasteiger partial charge in [0.1, 0.15) is 5.75 Å². The quantitative estimate of drug-likeness (QED) is 0.805. The molecule has 0 atom stereocenters. The van der Waals surface area contributed by atoms with Gasteiger partial charge in [0.05, 0.1) is 7.11 Å². The van der Waals surface area contributed by atoms with Crippen LogP contribution in [0.1, 0.15) is 5.56 Å². The molecule has 15 heavy (non-hydrogen) atoms. The molecule has 0 bridgehead atoms. The van der Waals surface area contributed by atoms with E-state index >= 15 is 0 Å². The molecule has 2 aromatic rings. The number of rotatable bonds is 3. The molecule has 0 fully saturated rings. The lowest BCUT2D eigenvalue weighted by atomic mass is 10.2. The Balaban J connectivity index is 2.22. The van der Waals surface area contributed by atoms with Crippen molar-refractivity contribution >= 4 is 11.6 Å². The zero-order chi connectivity index (χ0) is 10.7. The largest absolute Gasteiger partial charge is 0.497 e. The summed E-state index contributed by atoms with van der Waals surface area (Å²) in [5, 5.41) is 3.18. The zero-order valence-corrected chi connectivity index (χ0v) is 8.74. The number of aromatic amines is 1. The molecule has 0 amide bonds. The molecule has 0 saturated carbocycles. The minimum absolute atomic E-state index is 0.739. The number of hydrogen-bond acceptors (Lipinski definition) is 3. The second-order valence-electron chi connectivity index (χ2n) is 3.24. The molecule has 2 rings (SSSR count). The molecule has 4 heteroatoms. The smallest absolute Gasteiger partial charge is 0.204 e. The van der Waals surface area contributed by atoms with Gasteiger partial charge in [-0.25, -0.2) is 4.98 Å². The van der Waals surface area contributed by atoms with Crippen LogP contribution in [-0.4, -0.2) is 17.1 Å². The third kappa shape index (κ3) is 2.10. The Morgan fingerprint density at radius 1 is 1.40 bits per heavy atom. The Kier molecular flexibility index (Phi) is 2.58. The Hall–Kier alpha value is -1.97. The third-order valence-electron chi connectivity index (χ3n) is 2.18. The van der Waals surface area contributed by atoms with E-state index in [1.54, 1.807) is 19.5 Å². The fourth-order valence-corrected chi connectivity index (χ4v) is 1.36. The first kappa shape index (κ1) is 9.58. The van der Waals surface area contributed by atoms with E-state index in [0.717, 1.165) is 22.9 Å². The molecule has 0 radical (unpaired) electrons. The van der Waals surface area contributed by atoms with Crippen molar-refractivity contribution in [2.24, 2.45) is 0 Å². The Morgan fingerprint density at radius 2 is 2.27 bits per heavy atom. The molecule has 0 aliphatic heterocycles. The van der Waals surface area contributed by atoms with Gasteiger partial charge in [-0.05, 0) is 30.7 Å². The van der Waals surface area contributed by atoms with Crippen molar-refractivity contribution in [2.45, 2.75) is 6.92 Å². The predicted molar refractivity (Wildman–Crippen MR) is 59.6 cm³/mol. The average molecular weight is 203 g/mol. The first-order chi connectivity index (χ1) is 7.29. The van der Waals surface area contributed by atoms with E-state index < -0.39 is 0 Å². The molecule has 0 saturated heterocycles. The second-order valence-corrected chi connectivity index (χ2v) is 3.24. The number of H-pyrrole nitrogens is 1. The molecule has 4 nitrogen and oxygen atoms in total. The van der Waals surface area contributed by atoms with Crippen LogP contribution in [0.2, 0.25) is 0 Å². The Morgan fingerprint density at radius 3 is 2.87 bits per heavy atom. The number of aromatic nitrogens is 2. The molecular formula is C11H13N3O. The van der Waals surface area contributed by atoms with E-state index in [4.69, 9.17) is 4.74 Å². The van der Waals surface area contributed by atoms with Gasteiger partial charge in [-0.1, -0.05) is 0 Å². The molecule has 2 N–H and O–H groups in total. The summed E-state index contributed by atoms with van der Waals surface area (Å²) in [4.78, 5) is 7.09. The molecule has 1 aromatic heterocycles. The Bertz CT molecular complexity index is 437. The van der Waals surface area contributed by atoms with Crippen LogP contribution in [0.3, 0.4) is 0 Å². The monoisotopic (exact) mass is 203 g/mol. The summed E-state index contributed by atoms with van der Waals surface area (Å²) in [7, 11) is 1.66. The summed E-state index contributed by atoms with van der Waals surface area (Å²) in [6.07, 6.45) is 3.49. The van der Waals surface area contributed by atoms with Crippen molar-refractivity contribution in [3.8, 4) is 5.75 Å². The number of benzene rings is 1. The van der Waals surface area contributed by atoms with Crippen molar-refractivity contribution in [2.75, 3.05) is 12.4 Å². The maximum Gasteiger partial charge on any atom is 0.204 e. The van der Waals surface area contributed by atoms with E-state index in [9.17, 15) is 0 Å². The summed E-state index contributed by atoms with van der Waals surface area (Å²) in [6, 6.07) is 5.86. The standard InChI is InChI=1S/C11H13N3O/c1-8-7-9(15-2)3-4-10(8)14-11-12-5-6-13-11/h3-7H,1-2H3,(H2,12,13,14). The fraction of sp³-hybridized carbons (Fsp3) is 0.182. The van der Waals surface area contributed by atoms with Gasteiger partial charge in [0.2, 0.25) is 5.95 Å². The first-order valence-electron chi connectivity index (χ1n) is 4.70. The van der Waals surface area contributed by atoms with Crippen molar-refractivity contribution in [1.29, 1.82) is 0 Å². The van der Waals surface area contributed by atoms with Gasteiger partial charge in [-0.15, -0.1) is 0 Å². The number of nitrogens with zero attached hydrogens (tertiary/aromatic N) is 1. The number of aryl methyl sites for hydroxylation is 1. The molecule has 0 aliphatic rings. The topological polar surface area (TPSA) is 49.9 Å². The van der Waals surface area contributed by atoms with E-state index in [1.807, 2.05) is 25.1 Å². The van der Waals surface area contributed by atoms with Crippen LogP contribution in [0.4, 0.5) is 11.6 Å². The van der Waals surface area contributed by atoms with E-state index in [1.165, 1.54) is 0 Å². The van der Waals surface area contributed by atoms with Crippen LogP contribution in [0, 0.1) is 6.92 Å². The highest BCUT2D eigenvalue weighted by atomic mass is 16.5. The lowest BCUT2D eigenvalue weighted by molar-refractivity contribution is 0.414. The number of nitrogens with one attached hydrogen (secondary N) is 2. The van der Waals surface area contributed by atoms with Crippen LogP contribution in [0.5, 0.6) is 5.75 Å². The average Bonchev–Trinajstić information content (AvgIpc) is 2.74. The van der Waals surface area contributed by atoms with Gasteiger partial charge in [-0.2, -0.15) is 0 Å². The molecule has 0 spiro atoms. The minimum Gasteiger partial charge on any atom is -0.497 e. The SMILES string of the molecule is COc1ccc(Nc2ncc[nH]2)c(C)c1. The fourth-order valence-electron chi connectivity index (χ4n) is 1.36. The highest BCUT2D eigenvalue weighted by molar-refractivity contribution is 5.59. The highest BCUT2D eigenvalue weighted by Crippen LogP contribution is 2.22. The van der Waals surface area contributed by atoms with Gasteiger partial charge in [0, 0.05) is 18.1 Å².